The number of aliphatic hydroxyl groups excluding tert-OH is 2. The van der Waals surface area contributed by atoms with Gasteiger partial charge in [-0.2, -0.15) is 0 Å². The van der Waals surface area contributed by atoms with Crippen LogP contribution in [0.25, 0.3) is 0 Å². The molecule has 0 aromatic carbocycles. The van der Waals surface area contributed by atoms with Gasteiger partial charge >= 0.3 is 12.4 Å². The third kappa shape index (κ3) is 3.36. The Kier molecular flexibility index (Phi) is 4.71. The van der Waals surface area contributed by atoms with Gasteiger partial charge in [0.15, 0.2) is 5.72 Å². The predicted molar refractivity (Wildman–Crippen MR) is 76.5 cm³/mol. The van der Waals surface area contributed by atoms with Crippen LogP contribution in [0, 0.1) is 0 Å². The molecule has 1 saturated heterocycles. The van der Waals surface area contributed by atoms with Gasteiger partial charge in [-0.15, -0.1) is 0 Å². The van der Waals surface area contributed by atoms with Crippen LogP contribution in [0.5, 0.6) is 0 Å². The molecule has 0 spiro atoms. The van der Waals surface area contributed by atoms with Crippen LogP contribution in [-0.4, -0.2) is 54.5 Å². The first-order valence-corrected chi connectivity index (χ1v) is 8.74. The van der Waals surface area contributed by atoms with Crippen LogP contribution in [0.3, 0.4) is 0 Å². The lowest BCUT2D eigenvalue weighted by Crippen LogP contribution is -2.49. The Labute approximate surface area is 128 Å². The average Bonchev–Trinajstić information content (AvgIpc) is 2.61. The van der Waals surface area contributed by atoms with Gasteiger partial charge in [0.05, 0.1) is 6.61 Å². The van der Waals surface area contributed by atoms with E-state index in [1.54, 1.807) is 0 Å². The van der Waals surface area contributed by atoms with Gasteiger partial charge in [0.25, 0.3) is 5.56 Å². The highest BCUT2D eigenvalue weighted by molar-refractivity contribution is 8.06. The third-order valence-corrected chi connectivity index (χ3v) is 4.15. The van der Waals surface area contributed by atoms with Crippen LogP contribution in [0.4, 0.5) is 0 Å². The molecule has 1 aliphatic rings. The van der Waals surface area contributed by atoms with E-state index < -0.39 is 48.6 Å². The van der Waals surface area contributed by atoms with E-state index in [-0.39, 0.29) is 0 Å². The van der Waals surface area contributed by atoms with Crippen molar-refractivity contribution in [1.29, 1.82) is 0 Å². The van der Waals surface area contributed by atoms with Crippen LogP contribution in [0.1, 0.15) is 6.92 Å². The molecular weight excluding hydrogens is 339 g/mol. The van der Waals surface area contributed by atoms with Gasteiger partial charge in [0.1, 0.15) is 18.3 Å². The molecule has 4 atom stereocenters. The van der Waals surface area contributed by atoms with E-state index in [4.69, 9.17) is 14.5 Å². The number of hydrogen-bond acceptors (Lipinski definition) is 7. The lowest BCUT2D eigenvalue weighted by atomic mass is 10.0. The summed E-state index contributed by atoms with van der Waals surface area (Å²) in [5.74, 6) is 0. The highest BCUT2D eigenvalue weighted by atomic mass is 32.5. The van der Waals surface area contributed by atoms with Crippen LogP contribution in [0.2, 0.25) is 0 Å². The zero-order chi connectivity index (χ0) is 16.7. The minimum absolute atomic E-state index is 0.490. The largest absolute Gasteiger partial charge is 0.387 e. The standard InChI is InChI=1S/C10H15N2O8PS/c1-10(12-3-2-6(13)11-9(12)16)8(15)7(14)5(20-10)4-19-21(17,18)22/h2-3,5,7-8,14-15H,4H2,1H3,(H,11,13,16)(H2,17,18,22)/t5-,7-,8-,10-/m1/s1. The summed E-state index contributed by atoms with van der Waals surface area (Å²) in [7, 11) is 0. The van der Waals surface area contributed by atoms with Crippen molar-refractivity contribution in [2.45, 2.75) is 31.0 Å². The molecule has 2 rings (SSSR count). The Morgan fingerprint density at radius 2 is 2.14 bits per heavy atom. The zero-order valence-electron chi connectivity index (χ0n) is 11.3. The monoisotopic (exact) mass is 354 g/mol. The number of aromatic nitrogens is 2. The molecule has 1 aromatic heterocycles. The van der Waals surface area contributed by atoms with Crippen molar-refractivity contribution in [3.63, 3.8) is 0 Å². The first-order chi connectivity index (χ1) is 10.0. The lowest BCUT2D eigenvalue weighted by Gasteiger charge is -2.29. The number of nitrogens with one attached hydrogen (secondary N) is 1. The summed E-state index contributed by atoms with van der Waals surface area (Å²) in [6.07, 6.45) is -3.03. The number of ether oxygens (including phenoxy) is 1. The van der Waals surface area contributed by atoms with E-state index in [2.05, 4.69) is 16.3 Å². The lowest BCUT2D eigenvalue weighted by molar-refractivity contribution is -0.136. The fraction of sp³-hybridized carbons (Fsp3) is 0.600. The fourth-order valence-electron chi connectivity index (χ4n) is 2.24. The van der Waals surface area contributed by atoms with Crippen molar-refractivity contribution < 1.29 is 29.3 Å². The van der Waals surface area contributed by atoms with Crippen molar-refractivity contribution in [3.8, 4) is 0 Å². The molecule has 5 N–H and O–H groups in total. The van der Waals surface area contributed by atoms with Gasteiger partial charge in [-0.1, -0.05) is 0 Å². The molecule has 0 saturated carbocycles. The summed E-state index contributed by atoms with van der Waals surface area (Å²) >= 11 is 4.28. The molecule has 124 valence electrons. The molecule has 12 heteroatoms. The summed E-state index contributed by atoms with van der Waals surface area (Å²) in [6, 6.07) is 1.06. The Morgan fingerprint density at radius 1 is 1.50 bits per heavy atom. The molecule has 0 bridgehead atoms. The second-order valence-electron chi connectivity index (χ2n) is 4.91. The maximum atomic E-state index is 11.8. The molecule has 1 fully saturated rings. The molecule has 1 aliphatic heterocycles. The van der Waals surface area contributed by atoms with E-state index in [0.29, 0.717) is 0 Å². The minimum atomic E-state index is -3.95. The number of aliphatic hydroxyl groups is 2. The maximum Gasteiger partial charge on any atom is 0.330 e. The van der Waals surface area contributed by atoms with Gasteiger partial charge in [-0.3, -0.25) is 14.3 Å². The van der Waals surface area contributed by atoms with Gasteiger partial charge in [0.2, 0.25) is 0 Å². The molecular formula is C10H15N2O8PS. The number of nitrogens with zero attached hydrogens (tertiary/aromatic N) is 1. The van der Waals surface area contributed by atoms with Gasteiger partial charge in [0, 0.05) is 12.3 Å². The summed E-state index contributed by atoms with van der Waals surface area (Å²) in [6.45, 7) is -3.11. The molecule has 2 heterocycles. The third-order valence-electron chi connectivity index (χ3n) is 3.35. The van der Waals surface area contributed by atoms with Crippen molar-refractivity contribution in [2.75, 3.05) is 6.61 Å². The molecule has 10 nitrogen and oxygen atoms in total. The smallest absolute Gasteiger partial charge is 0.330 e. The summed E-state index contributed by atoms with van der Waals surface area (Å²) in [4.78, 5) is 42.9. The quantitative estimate of drug-likeness (QED) is 0.371. The second kappa shape index (κ2) is 5.95. The summed E-state index contributed by atoms with van der Waals surface area (Å²) < 4.78 is 11.0. The zero-order valence-corrected chi connectivity index (χ0v) is 13.0. The van der Waals surface area contributed by atoms with E-state index in [9.17, 15) is 19.8 Å². The number of hydrogen-bond donors (Lipinski definition) is 5. The SMILES string of the molecule is C[C@@]1(n2ccc(=O)[nH]c2=O)O[C@H](COP(O)(O)=S)[C@@H](O)[C@H]1O. The molecule has 0 radical (unpaired) electrons. The number of H-pyrrole nitrogens is 1. The first-order valence-electron chi connectivity index (χ1n) is 6.11. The summed E-state index contributed by atoms with van der Waals surface area (Å²) in [5, 5.41) is 20.1. The van der Waals surface area contributed by atoms with E-state index in [0.717, 1.165) is 16.8 Å². The molecule has 0 aliphatic carbocycles. The number of aromatic amines is 1. The van der Waals surface area contributed by atoms with Crippen molar-refractivity contribution in [2.24, 2.45) is 0 Å². The maximum absolute atomic E-state index is 11.8. The fourth-order valence-corrected chi connectivity index (χ4v) is 2.76. The van der Waals surface area contributed by atoms with Crippen molar-refractivity contribution in [3.05, 3.63) is 33.1 Å². The normalized spacial score (nSPS) is 32.3. The Hall–Kier alpha value is -0.910. The highest BCUT2D eigenvalue weighted by Crippen LogP contribution is 2.40. The molecule has 22 heavy (non-hydrogen) atoms. The van der Waals surface area contributed by atoms with E-state index in [1.807, 2.05) is 4.98 Å². The van der Waals surface area contributed by atoms with Crippen molar-refractivity contribution in [1.82, 2.24) is 9.55 Å². The van der Waals surface area contributed by atoms with Gasteiger partial charge in [-0.05, 0) is 18.7 Å². The van der Waals surface area contributed by atoms with Crippen LogP contribution >= 0.6 is 6.72 Å². The Morgan fingerprint density at radius 3 is 2.68 bits per heavy atom. The van der Waals surface area contributed by atoms with Crippen molar-refractivity contribution >= 4 is 18.5 Å². The van der Waals surface area contributed by atoms with Gasteiger partial charge in [-0.25, -0.2) is 4.79 Å². The average molecular weight is 354 g/mol. The topological polar surface area (TPSA) is 154 Å². The molecule has 0 unspecified atom stereocenters. The van der Waals surface area contributed by atoms with E-state index in [1.165, 1.54) is 6.92 Å². The molecule has 1 aromatic rings. The number of rotatable bonds is 4. The Bertz CT molecular complexity index is 713. The molecule has 0 amide bonds. The summed E-state index contributed by atoms with van der Waals surface area (Å²) in [5.41, 5.74) is -3.14. The second-order valence-corrected chi connectivity index (χ2v) is 7.58. The Balaban J connectivity index is 2.30. The predicted octanol–water partition coefficient (Wildman–Crippen LogP) is -2.44. The van der Waals surface area contributed by atoms with Gasteiger partial charge < -0.3 is 29.3 Å². The minimum Gasteiger partial charge on any atom is -0.387 e. The van der Waals surface area contributed by atoms with E-state index >= 15 is 0 Å². The van der Waals surface area contributed by atoms with Crippen LogP contribution in [0.15, 0.2) is 21.9 Å². The first kappa shape index (κ1) is 17.4. The van der Waals surface area contributed by atoms with Crippen LogP contribution < -0.4 is 11.2 Å². The van der Waals surface area contributed by atoms with Crippen LogP contribution in [-0.2, 0) is 26.8 Å². The highest BCUT2D eigenvalue weighted by Gasteiger charge is 2.53.